The van der Waals surface area contributed by atoms with Gasteiger partial charge >= 0.3 is 5.97 Å². The fourth-order valence-corrected chi connectivity index (χ4v) is 4.50. The maximum atomic E-state index is 12.7. The Kier molecular flexibility index (Phi) is 5.58. The quantitative estimate of drug-likeness (QED) is 0.838. The van der Waals surface area contributed by atoms with Gasteiger partial charge in [0.1, 0.15) is 17.9 Å². The van der Waals surface area contributed by atoms with Gasteiger partial charge in [0.15, 0.2) is 0 Å². The lowest BCUT2D eigenvalue weighted by Crippen LogP contribution is -2.35. The van der Waals surface area contributed by atoms with Crippen LogP contribution in [0.15, 0.2) is 53.4 Å². The molecule has 0 spiro atoms. The Morgan fingerprint density at radius 2 is 1.73 bits per heavy atom. The van der Waals surface area contributed by atoms with E-state index in [4.69, 9.17) is 4.74 Å². The average molecular weight is 375 g/mol. The van der Waals surface area contributed by atoms with Crippen molar-refractivity contribution in [1.82, 2.24) is 4.31 Å². The van der Waals surface area contributed by atoms with Crippen LogP contribution in [-0.2, 0) is 16.6 Å². The third-order valence-electron chi connectivity index (χ3n) is 4.37. The molecule has 1 saturated heterocycles. The largest absolute Gasteiger partial charge is 0.488 e. The van der Waals surface area contributed by atoms with Gasteiger partial charge in [0, 0.05) is 13.1 Å². The van der Waals surface area contributed by atoms with Gasteiger partial charge < -0.3 is 9.84 Å². The zero-order valence-electron chi connectivity index (χ0n) is 14.3. The van der Waals surface area contributed by atoms with Crippen molar-refractivity contribution in [3.63, 3.8) is 0 Å². The van der Waals surface area contributed by atoms with Crippen LogP contribution in [0.2, 0.25) is 0 Å². The number of carboxylic acid groups (broad SMARTS) is 1. The Morgan fingerprint density at radius 3 is 2.38 bits per heavy atom. The van der Waals surface area contributed by atoms with Crippen molar-refractivity contribution in [2.75, 3.05) is 13.1 Å². The van der Waals surface area contributed by atoms with E-state index in [2.05, 4.69) is 0 Å². The van der Waals surface area contributed by atoms with E-state index in [0.717, 1.165) is 24.8 Å². The maximum absolute atomic E-state index is 12.7. The molecule has 0 bridgehead atoms. The number of benzene rings is 2. The monoisotopic (exact) mass is 375 g/mol. The van der Waals surface area contributed by atoms with E-state index in [1.165, 1.54) is 22.5 Å². The zero-order chi connectivity index (χ0) is 18.6. The second-order valence-corrected chi connectivity index (χ2v) is 8.14. The number of piperidine rings is 1. The number of hydrogen-bond acceptors (Lipinski definition) is 4. The number of sulfonamides is 1. The number of carbonyl (C=O) groups is 1. The molecule has 2 aromatic rings. The molecule has 1 heterocycles. The average Bonchev–Trinajstić information content (AvgIpc) is 2.67. The molecule has 0 radical (unpaired) electrons. The first-order valence-corrected chi connectivity index (χ1v) is 9.97. The number of rotatable bonds is 6. The first-order chi connectivity index (χ1) is 12.5. The van der Waals surface area contributed by atoms with Crippen LogP contribution in [0.5, 0.6) is 5.75 Å². The highest BCUT2D eigenvalue weighted by Gasteiger charge is 2.27. The van der Waals surface area contributed by atoms with E-state index in [1.807, 2.05) is 30.3 Å². The van der Waals surface area contributed by atoms with Gasteiger partial charge in [0.05, 0.1) is 4.90 Å². The number of nitrogens with zero attached hydrogens (tertiary/aromatic N) is 1. The Balaban J connectivity index is 1.85. The van der Waals surface area contributed by atoms with E-state index in [1.54, 1.807) is 0 Å². The summed E-state index contributed by atoms with van der Waals surface area (Å²) in [6.45, 7) is 1.15. The van der Waals surface area contributed by atoms with E-state index in [0.29, 0.717) is 13.1 Å². The van der Waals surface area contributed by atoms with Crippen LogP contribution in [0, 0.1) is 0 Å². The number of ether oxygens (including phenoxy) is 1. The molecule has 7 heteroatoms. The summed E-state index contributed by atoms with van der Waals surface area (Å²) in [7, 11) is -3.69. The number of hydrogen-bond donors (Lipinski definition) is 1. The number of aromatic carboxylic acids is 1. The minimum absolute atomic E-state index is 0.0103. The van der Waals surface area contributed by atoms with Crippen LogP contribution in [0.4, 0.5) is 0 Å². The Labute approximate surface area is 153 Å². The molecule has 0 aliphatic carbocycles. The lowest BCUT2D eigenvalue weighted by atomic mass is 10.2. The van der Waals surface area contributed by atoms with Gasteiger partial charge in [-0.25, -0.2) is 13.2 Å². The van der Waals surface area contributed by atoms with Crippen LogP contribution in [0.1, 0.15) is 35.2 Å². The van der Waals surface area contributed by atoms with Crippen molar-refractivity contribution in [2.24, 2.45) is 0 Å². The molecule has 0 saturated carbocycles. The molecule has 2 aromatic carbocycles. The van der Waals surface area contributed by atoms with Gasteiger partial charge in [0.2, 0.25) is 10.0 Å². The van der Waals surface area contributed by atoms with Crippen LogP contribution in [-0.4, -0.2) is 36.9 Å². The predicted octanol–water partition coefficient (Wildman–Crippen LogP) is 3.14. The molecule has 6 nitrogen and oxygen atoms in total. The molecule has 26 heavy (non-hydrogen) atoms. The second kappa shape index (κ2) is 7.88. The summed E-state index contributed by atoms with van der Waals surface area (Å²) < 4.78 is 32.5. The predicted molar refractivity (Wildman–Crippen MR) is 96.8 cm³/mol. The Morgan fingerprint density at radius 1 is 1.04 bits per heavy atom. The summed E-state index contributed by atoms with van der Waals surface area (Å²) in [6, 6.07) is 13.4. The molecule has 1 aliphatic heterocycles. The first-order valence-electron chi connectivity index (χ1n) is 8.53. The molecular weight excluding hydrogens is 354 g/mol. The highest BCUT2D eigenvalue weighted by molar-refractivity contribution is 7.89. The van der Waals surface area contributed by atoms with Crippen LogP contribution >= 0.6 is 0 Å². The highest BCUT2D eigenvalue weighted by atomic mass is 32.2. The summed E-state index contributed by atoms with van der Waals surface area (Å²) >= 11 is 0. The van der Waals surface area contributed by atoms with Crippen molar-refractivity contribution < 1.29 is 23.1 Å². The maximum Gasteiger partial charge on any atom is 0.339 e. The lowest BCUT2D eigenvalue weighted by Gasteiger charge is -2.26. The summed E-state index contributed by atoms with van der Waals surface area (Å²) in [5, 5.41) is 9.47. The molecule has 3 rings (SSSR count). The van der Waals surface area contributed by atoms with Gasteiger partial charge in [0.25, 0.3) is 0 Å². The molecule has 0 aromatic heterocycles. The fourth-order valence-electron chi connectivity index (χ4n) is 2.95. The van der Waals surface area contributed by atoms with E-state index < -0.39 is 16.0 Å². The smallest absolute Gasteiger partial charge is 0.339 e. The van der Waals surface area contributed by atoms with E-state index >= 15 is 0 Å². The van der Waals surface area contributed by atoms with Crippen molar-refractivity contribution in [1.29, 1.82) is 0 Å². The van der Waals surface area contributed by atoms with Gasteiger partial charge in [-0.05, 0) is 36.6 Å². The molecule has 1 fully saturated rings. The highest BCUT2D eigenvalue weighted by Crippen LogP contribution is 2.27. The third-order valence-corrected chi connectivity index (χ3v) is 6.27. The standard InChI is InChI=1S/C19H21NO5S/c21-19(22)17-13-16(26(23,24)20-11-5-2-6-12-20)9-10-18(17)25-14-15-7-3-1-4-8-15/h1,3-4,7-10,13H,2,5-6,11-12,14H2,(H,21,22). The fraction of sp³-hybridized carbons (Fsp3) is 0.316. The summed E-state index contributed by atoms with van der Waals surface area (Å²) in [5.41, 5.74) is 0.743. The Bertz CT molecular complexity index is 874. The molecule has 1 N–H and O–H groups in total. The molecule has 138 valence electrons. The normalized spacial score (nSPS) is 15.5. The van der Waals surface area contributed by atoms with Crippen LogP contribution in [0.3, 0.4) is 0 Å². The van der Waals surface area contributed by atoms with Gasteiger partial charge in [-0.1, -0.05) is 36.8 Å². The summed E-state index contributed by atoms with van der Waals surface area (Å²) in [4.78, 5) is 11.6. The summed E-state index contributed by atoms with van der Waals surface area (Å²) in [5.74, 6) is -1.07. The van der Waals surface area contributed by atoms with Crippen molar-refractivity contribution in [3.8, 4) is 5.75 Å². The molecule has 0 unspecified atom stereocenters. The van der Waals surface area contributed by atoms with Crippen molar-refractivity contribution in [2.45, 2.75) is 30.8 Å². The second-order valence-electron chi connectivity index (χ2n) is 6.20. The van der Waals surface area contributed by atoms with Gasteiger partial charge in [-0.15, -0.1) is 0 Å². The van der Waals surface area contributed by atoms with Crippen molar-refractivity contribution in [3.05, 3.63) is 59.7 Å². The molecule has 0 atom stereocenters. The van der Waals surface area contributed by atoms with E-state index in [9.17, 15) is 18.3 Å². The zero-order valence-corrected chi connectivity index (χ0v) is 15.1. The SMILES string of the molecule is O=C(O)c1cc(S(=O)(=O)N2CCCCC2)ccc1OCc1ccccc1. The molecule has 1 aliphatic rings. The summed E-state index contributed by atoms with van der Waals surface area (Å²) in [6.07, 6.45) is 2.66. The van der Waals surface area contributed by atoms with Crippen molar-refractivity contribution >= 4 is 16.0 Å². The van der Waals surface area contributed by atoms with Crippen LogP contribution < -0.4 is 4.74 Å². The topological polar surface area (TPSA) is 83.9 Å². The minimum atomic E-state index is -3.69. The lowest BCUT2D eigenvalue weighted by molar-refractivity contribution is 0.0691. The minimum Gasteiger partial charge on any atom is -0.488 e. The first kappa shape index (κ1) is 18.4. The van der Waals surface area contributed by atoms with Crippen LogP contribution in [0.25, 0.3) is 0 Å². The van der Waals surface area contributed by atoms with Gasteiger partial charge in [-0.2, -0.15) is 4.31 Å². The van der Waals surface area contributed by atoms with E-state index in [-0.39, 0.29) is 22.8 Å². The third kappa shape index (κ3) is 4.05. The molecule has 0 amide bonds. The Hall–Kier alpha value is -2.38. The van der Waals surface area contributed by atoms with Gasteiger partial charge in [-0.3, -0.25) is 0 Å². The molecular formula is C19H21NO5S. The number of carboxylic acids is 1.